The van der Waals surface area contributed by atoms with Crippen LogP contribution in [0.15, 0.2) is 53.4 Å². The van der Waals surface area contributed by atoms with Gasteiger partial charge in [-0.15, -0.1) is 0 Å². The number of piperazine rings is 1. The van der Waals surface area contributed by atoms with Gasteiger partial charge in [0.05, 0.1) is 10.6 Å². The number of hydrogen-bond acceptors (Lipinski definition) is 3. The SMILES string of the molecule is CC[C@H](C)c1ccc(S(=O)(=O)N2CCN(C(=O)Nc3ccccc3F)CC2)cc1. The highest BCUT2D eigenvalue weighted by Gasteiger charge is 2.30. The first-order valence-electron chi connectivity index (χ1n) is 9.73. The second kappa shape index (κ2) is 8.92. The van der Waals surface area contributed by atoms with Gasteiger partial charge in [-0.2, -0.15) is 4.31 Å². The molecule has 0 saturated carbocycles. The molecular weight excluding hydrogens is 393 g/mol. The summed E-state index contributed by atoms with van der Waals surface area (Å²) in [6.45, 7) is 5.07. The Kier molecular flexibility index (Phi) is 6.54. The molecule has 8 heteroatoms. The molecule has 156 valence electrons. The van der Waals surface area contributed by atoms with E-state index in [9.17, 15) is 17.6 Å². The van der Waals surface area contributed by atoms with Gasteiger partial charge in [0.2, 0.25) is 10.0 Å². The van der Waals surface area contributed by atoms with E-state index >= 15 is 0 Å². The lowest BCUT2D eigenvalue weighted by Gasteiger charge is -2.34. The van der Waals surface area contributed by atoms with Crippen molar-refractivity contribution in [3.05, 3.63) is 59.9 Å². The van der Waals surface area contributed by atoms with Gasteiger partial charge >= 0.3 is 6.03 Å². The average molecular weight is 420 g/mol. The van der Waals surface area contributed by atoms with Gasteiger partial charge in [-0.25, -0.2) is 17.6 Å². The minimum atomic E-state index is -3.61. The van der Waals surface area contributed by atoms with E-state index < -0.39 is 21.9 Å². The Bertz CT molecular complexity index is 955. The molecule has 2 amide bonds. The lowest BCUT2D eigenvalue weighted by Crippen LogP contribution is -2.51. The second-order valence-electron chi connectivity index (χ2n) is 7.18. The van der Waals surface area contributed by atoms with Crippen molar-refractivity contribution in [1.29, 1.82) is 0 Å². The standard InChI is InChI=1S/C21H26FN3O3S/c1-3-16(2)17-8-10-18(11-9-17)29(27,28)25-14-12-24(13-15-25)21(26)23-20-7-5-4-6-19(20)22/h4-11,16H,3,12-15H2,1-2H3,(H,23,26)/t16-/m0/s1. The van der Waals surface area contributed by atoms with Crippen LogP contribution in [0.5, 0.6) is 0 Å². The van der Waals surface area contributed by atoms with E-state index in [2.05, 4.69) is 19.2 Å². The first-order chi connectivity index (χ1) is 13.8. The Hall–Kier alpha value is -2.45. The summed E-state index contributed by atoms with van der Waals surface area (Å²) in [6, 6.07) is 12.5. The predicted octanol–water partition coefficient (Wildman–Crippen LogP) is 3.88. The number of rotatable bonds is 5. The zero-order chi connectivity index (χ0) is 21.0. The first kappa shape index (κ1) is 21.3. The average Bonchev–Trinajstić information content (AvgIpc) is 2.75. The lowest BCUT2D eigenvalue weighted by molar-refractivity contribution is 0.184. The number of nitrogens with zero attached hydrogens (tertiary/aromatic N) is 2. The maximum atomic E-state index is 13.7. The minimum Gasteiger partial charge on any atom is -0.322 e. The number of nitrogens with one attached hydrogen (secondary N) is 1. The van der Waals surface area contributed by atoms with E-state index in [-0.39, 0.29) is 36.8 Å². The van der Waals surface area contributed by atoms with Gasteiger partial charge in [-0.05, 0) is 42.2 Å². The van der Waals surface area contributed by atoms with Gasteiger partial charge in [0.15, 0.2) is 0 Å². The molecule has 0 unspecified atom stereocenters. The summed E-state index contributed by atoms with van der Waals surface area (Å²) in [6.07, 6.45) is 0.989. The summed E-state index contributed by atoms with van der Waals surface area (Å²) in [7, 11) is -3.61. The zero-order valence-corrected chi connectivity index (χ0v) is 17.5. The van der Waals surface area contributed by atoms with E-state index in [1.807, 2.05) is 12.1 Å². The van der Waals surface area contributed by atoms with Crippen molar-refractivity contribution < 1.29 is 17.6 Å². The lowest BCUT2D eigenvalue weighted by atomic mass is 9.99. The van der Waals surface area contributed by atoms with Crippen LogP contribution >= 0.6 is 0 Å². The number of hydrogen-bond donors (Lipinski definition) is 1. The Morgan fingerprint density at radius 2 is 1.69 bits per heavy atom. The molecule has 1 aliphatic heterocycles. The minimum absolute atomic E-state index is 0.106. The van der Waals surface area contributed by atoms with Crippen LogP contribution in [0.25, 0.3) is 0 Å². The third-order valence-electron chi connectivity index (χ3n) is 5.34. The Labute approximate surface area is 171 Å². The second-order valence-corrected chi connectivity index (χ2v) is 9.12. The van der Waals surface area contributed by atoms with Crippen LogP contribution < -0.4 is 5.32 Å². The fraction of sp³-hybridized carbons (Fsp3) is 0.381. The predicted molar refractivity (Wildman–Crippen MR) is 111 cm³/mol. The van der Waals surface area contributed by atoms with Crippen LogP contribution in [0, 0.1) is 5.82 Å². The summed E-state index contributed by atoms with van der Waals surface area (Å²) in [5, 5.41) is 2.53. The van der Waals surface area contributed by atoms with Crippen LogP contribution in [0.1, 0.15) is 31.7 Å². The maximum Gasteiger partial charge on any atom is 0.322 e. The number of sulfonamides is 1. The Morgan fingerprint density at radius 1 is 1.07 bits per heavy atom. The molecule has 1 aliphatic rings. The summed E-state index contributed by atoms with van der Waals surface area (Å²) in [5.74, 6) is -0.133. The van der Waals surface area contributed by atoms with E-state index in [4.69, 9.17) is 0 Å². The normalized spacial score (nSPS) is 16.4. The number of amides is 2. The number of para-hydroxylation sites is 1. The van der Waals surface area contributed by atoms with Gasteiger partial charge in [0, 0.05) is 26.2 Å². The number of halogens is 1. The van der Waals surface area contributed by atoms with Crippen molar-refractivity contribution in [3.63, 3.8) is 0 Å². The summed E-state index contributed by atoms with van der Waals surface area (Å²) in [5.41, 5.74) is 1.22. The van der Waals surface area contributed by atoms with Gasteiger partial charge in [-0.1, -0.05) is 38.1 Å². The van der Waals surface area contributed by atoms with E-state index in [0.717, 1.165) is 12.0 Å². The molecule has 1 fully saturated rings. The van der Waals surface area contributed by atoms with Crippen LogP contribution in [0.3, 0.4) is 0 Å². The molecular formula is C21H26FN3O3S. The third kappa shape index (κ3) is 4.76. The quantitative estimate of drug-likeness (QED) is 0.800. The van der Waals surface area contributed by atoms with Crippen molar-refractivity contribution in [3.8, 4) is 0 Å². The van der Waals surface area contributed by atoms with Crippen molar-refractivity contribution in [2.24, 2.45) is 0 Å². The smallest absolute Gasteiger partial charge is 0.322 e. The molecule has 1 saturated heterocycles. The van der Waals surface area contributed by atoms with Crippen LogP contribution in [0.4, 0.5) is 14.9 Å². The summed E-state index contributed by atoms with van der Waals surface area (Å²) < 4.78 is 40.9. The molecule has 6 nitrogen and oxygen atoms in total. The molecule has 0 radical (unpaired) electrons. The molecule has 1 atom stereocenters. The van der Waals surface area contributed by atoms with Crippen molar-refractivity contribution in [2.75, 3.05) is 31.5 Å². The fourth-order valence-electron chi connectivity index (χ4n) is 3.24. The Balaban J connectivity index is 1.62. The van der Waals surface area contributed by atoms with Gasteiger partial charge in [0.1, 0.15) is 5.82 Å². The van der Waals surface area contributed by atoms with E-state index in [0.29, 0.717) is 5.92 Å². The molecule has 0 spiro atoms. The molecule has 29 heavy (non-hydrogen) atoms. The highest BCUT2D eigenvalue weighted by Crippen LogP contribution is 2.23. The van der Waals surface area contributed by atoms with Crippen LogP contribution in [-0.4, -0.2) is 49.8 Å². The topological polar surface area (TPSA) is 69.7 Å². The summed E-state index contributed by atoms with van der Waals surface area (Å²) >= 11 is 0. The van der Waals surface area contributed by atoms with Crippen molar-refractivity contribution in [1.82, 2.24) is 9.21 Å². The number of carbonyl (C=O) groups is 1. The fourth-order valence-corrected chi connectivity index (χ4v) is 4.66. The molecule has 0 aliphatic carbocycles. The first-order valence-corrected chi connectivity index (χ1v) is 11.2. The molecule has 0 aromatic heterocycles. The highest BCUT2D eigenvalue weighted by molar-refractivity contribution is 7.89. The van der Waals surface area contributed by atoms with E-state index in [1.165, 1.54) is 21.3 Å². The number of benzene rings is 2. The maximum absolute atomic E-state index is 13.7. The third-order valence-corrected chi connectivity index (χ3v) is 7.25. The molecule has 2 aromatic rings. The Morgan fingerprint density at radius 3 is 2.28 bits per heavy atom. The number of urea groups is 1. The molecule has 1 heterocycles. The van der Waals surface area contributed by atoms with E-state index in [1.54, 1.807) is 24.3 Å². The van der Waals surface area contributed by atoms with Crippen LogP contribution in [0.2, 0.25) is 0 Å². The molecule has 3 rings (SSSR count). The number of anilines is 1. The summed E-state index contributed by atoms with van der Waals surface area (Å²) in [4.78, 5) is 14.1. The molecule has 1 N–H and O–H groups in total. The zero-order valence-electron chi connectivity index (χ0n) is 16.6. The highest BCUT2D eigenvalue weighted by atomic mass is 32.2. The monoisotopic (exact) mass is 419 g/mol. The molecule has 2 aromatic carbocycles. The largest absolute Gasteiger partial charge is 0.322 e. The van der Waals surface area contributed by atoms with Crippen molar-refractivity contribution >= 4 is 21.7 Å². The van der Waals surface area contributed by atoms with Gasteiger partial charge in [0.25, 0.3) is 0 Å². The van der Waals surface area contributed by atoms with Crippen molar-refractivity contribution in [2.45, 2.75) is 31.1 Å². The van der Waals surface area contributed by atoms with Gasteiger partial charge in [-0.3, -0.25) is 0 Å². The van der Waals surface area contributed by atoms with Gasteiger partial charge < -0.3 is 10.2 Å². The van der Waals surface area contributed by atoms with Crippen LogP contribution in [-0.2, 0) is 10.0 Å². The number of carbonyl (C=O) groups excluding carboxylic acids is 1. The molecule has 0 bridgehead atoms.